The van der Waals surface area contributed by atoms with E-state index in [1.54, 1.807) is 0 Å². The van der Waals surface area contributed by atoms with Crippen LogP contribution in [0.3, 0.4) is 0 Å². The molecule has 2 fully saturated rings. The smallest absolute Gasteiger partial charge is 0.328 e. The van der Waals surface area contributed by atoms with E-state index in [-0.39, 0.29) is 22.7 Å². The maximum Gasteiger partial charge on any atom is 0.328 e. The van der Waals surface area contributed by atoms with Crippen molar-refractivity contribution in [2.24, 2.45) is 22.7 Å². The maximum atomic E-state index is 12.0. The average molecular weight is 275 g/mol. The van der Waals surface area contributed by atoms with Gasteiger partial charge in [0.1, 0.15) is 6.04 Å². The van der Waals surface area contributed by atoms with Gasteiger partial charge in [-0.2, -0.15) is 0 Å². The fourth-order valence-electron chi connectivity index (χ4n) is 3.88. The van der Waals surface area contributed by atoms with Crippen molar-refractivity contribution in [2.75, 3.05) is 6.61 Å². The first-order chi connectivity index (χ1) is 9.37. The summed E-state index contributed by atoms with van der Waals surface area (Å²) in [6, 6.07) is -0.452. The van der Waals surface area contributed by atoms with Crippen LogP contribution in [0, 0.1) is 34.5 Å². The lowest BCUT2D eigenvalue weighted by molar-refractivity contribution is -0.149. The first-order valence-corrected chi connectivity index (χ1v) is 7.34. The molecule has 4 atom stereocenters. The van der Waals surface area contributed by atoms with Gasteiger partial charge in [-0.3, -0.25) is 4.79 Å². The molecule has 4 heteroatoms. The van der Waals surface area contributed by atoms with Gasteiger partial charge in [0, 0.05) is 23.7 Å². The number of nitrogens with one attached hydrogen (secondary N) is 1. The second kappa shape index (κ2) is 4.25. The molecular weight excluding hydrogens is 254 g/mol. The van der Waals surface area contributed by atoms with Crippen LogP contribution in [0.5, 0.6) is 0 Å². The molecule has 20 heavy (non-hydrogen) atoms. The van der Waals surface area contributed by atoms with Crippen molar-refractivity contribution in [2.45, 2.75) is 46.1 Å². The van der Waals surface area contributed by atoms with E-state index in [0.717, 1.165) is 6.42 Å². The zero-order chi connectivity index (χ0) is 14.5. The topological polar surface area (TPSA) is 55.4 Å². The van der Waals surface area contributed by atoms with Crippen LogP contribution in [0.4, 0.5) is 0 Å². The molecule has 0 bridgehead atoms. The Balaban J connectivity index is 1.63. The SMILES string of the molecule is CC1C#CC2C(C)(C)C2(COC(=O)C2CCC(=O)N2)C1. The van der Waals surface area contributed by atoms with E-state index < -0.39 is 6.04 Å². The van der Waals surface area contributed by atoms with Crippen molar-refractivity contribution < 1.29 is 14.3 Å². The summed E-state index contributed by atoms with van der Waals surface area (Å²) in [6.07, 6.45) is 1.96. The van der Waals surface area contributed by atoms with Gasteiger partial charge in [0.15, 0.2) is 0 Å². The molecule has 1 saturated heterocycles. The maximum absolute atomic E-state index is 12.0. The minimum Gasteiger partial charge on any atom is -0.463 e. The summed E-state index contributed by atoms with van der Waals surface area (Å²) in [7, 11) is 0. The molecule has 0 spiro atoms. The lowest BCUT2D eigenvalue weighted by Gasteiger charge is -2.23. The highest BCUT2D eigenvalue weighted by atomic mass is 16.5. The van der Waals surface area contributed by atoms with Gasteiger partial charge in [-0.1, -0.05) is 32.6 Å². The Labute approximate surface area is 119 Å². The second-order valence-corrected chi connectivity index (χ2v) is 6.97. The third-order valence-electron chi connectivity index (χ3n) is 5.37. The van der Waals surface area contributed by atoms with Crippen LogP contribution in [0.25, 0.3) is 0 Å². The minimum absolute atomic E-state index is 0.00986. The average Bonchev–Trinajstić information content (AvgIpc) is 2.71. The molecule has 3 aliphatic rings. The lowest BCUT2D eigenvalue weighted by Crippen LogP contribution is -2.36. The fourth-order valence-corrected chi connectivity index (χ4v) is 3.88. The summed E-state index contributed by atoms with van der Waals surface area (Å²) in [5, 5.41) is 2.66. The fraction of sp³-hybridized carbons (Fsp3) is 0.750. The predicted molar refractivity (Wildman–Crippen MR) is 73.4 cm³/mol. The molecule has 1 aliphatic heterocycles. The Morgan fingerprint density at radius 2 is 2.20 bits per heavy atom. The van der Waals surface area contributed by atoms with Gasteiger partial charge >= 0.3 is 5.97 Å². The third-order valence-corrected chi connectivity index (χ3v) is 5.37. The molecule has 1 N–H and O–H groups in total. The highest BCUT2D eigenvalue weighted by Crippen LogP contribution is 2.72. The van der Waals surface area contributed by atoms with Gasteiger partial charge in [-0.15, -0.1) is 0 Å². The minimum atomic E-state index is -0.452. The summed E-state index contributed by atoms with van der Waals surface area (Å²) in [5.74, 6) is 6.91. The highest BCUT2D eigenvalue weighted by molar-refractivity contribution is 5.88. The van der Waals surface area contributed by atoms with Crippen LogP contribution in [0.15, 0.2) is 0 Å². The molecule has 3 rings (SSSR count). The standard InChI is InChI=1S/C16H21NO3/c1-10-4-6-12-15(2,3)16(12,8-10)9-20-14(19)11-5-7-13(18)17-11/h10-12H,5,7-9H2,1-3H3,(H,17,18). The molecule has 2 aliphatic carbocycles. The van der Waals surface area contributed by atoms with Crippen molar-refractivity contribution >= 4 is 11.9 Å². The molecule has 108 valence electrons. The van der Waals surface area contributed by atoms with Crippen molar-refractivity contribution in [1.29, 1.82) is 0 Å². The molecule has 4 unspecified atom stereocenters. The summed E-state index contributed by atoms with van der Waals surface area (Å²) in [5.41, 5.74) is 0.125. The molecule has 1 heterocycles. The van der Waals surface area contributed by atoms with Crippen LogP contribution in [0.1, 0.15) is 40.0 Å². The molecule has 0 aromatic carbocycles. The largest absolute Gasteiger partial charge is 0.463 e. The first-order valence-electron chi connectivity index (χ1n) is 7.34. The number of rotatable bonds is 3. The van der Waals surface area contributed by atoms with Crippen molar-refractivity contribution in [3.63, 3.8) is 0 Å². The quantitative estimate of drug-likeness (QED) is 0.627. The van der Waals surface area contributed by atoms with Crippen molar-refractivity contribution in [1.82, 2.24) is 5.32 Å². The zero-order valence-corrected chi connectivity index (χ0v) is 12.3. The summed E-state index contributed by atoms with van der Waals surface area (Å²) in [6.45, 7) is 6.96. The van der Waals surface area contributed by atoms with E-state index in [1.165, 1.54) is 0 Å². The number of hydrogen-bond donors (Lipinski definition) is 1. The number of carbonyl (C=O) groups is 2. The Bertz CT molecular complexity index is 528. The first kappa shape index (κ1) is 13.5. The summed E-state index contributed by atoms with van der Waals surface area (Å²) in [4.78, 5) is 23.2. The van der Waals surface area contributed by atoms with Gasteiger partial charge < -0.3 is 10.1 Å². The van der Waals surface area contributed by atoms with E-state index in [2.05, 4.69) is 37.9 Å². The molecule has 0 radical (unpaired) electrons. The monoisotopic (exact) mass is 275 g/mol. The van der Waals surface area contributed by atoms with E-state index in [9.17, 15) is 9.59 Å². The number of esters is 1. The Kier molecular flexibility index (Phi) is 2.86. The van der Waals surface area contributed by atoms with Gasteiger partial charge in [-0.05, 0) is 18.3 Å². The number of hydrogen-bond acceptors (Lipinski definition) is 3. The molecule has 1 amide bonds. The summed E-state index contributed by atoms with van der Waals surface area (Å²) >= 11 is 0. The molecular formula is C16H21NO3. The van der Waals surface area contributed by atoms with E-state index in [4.69, 9.17) is 4.74 Å². The van der Waals surface area contributed by atoms with Crippen LogP contribution >= 0.6 is 0 Å². The summed E-state index contributed by atoms with van der Waals surface area (Å²) < 4.78 is 5.52. The predicted octanol–water partition coefficient (Wildman–Crippen LogP) is 1.49. The lowest BCUT2D eigenvalue weighted by atomic mass is 9.85. The van der Waals surface area contributed by atoms with E-state index in [1.807, 2.05) is 0 Å². The number of fused-ring (bicyclic) bond motifs is 1. The van der Waals surface area contributed by atoms with Crippen LogP contribution in [0.2, 0.25) is 0 Å². The van der Waals surface area contributed by atoms with Crippen LogP contribution < -0.4 is 5.32 Å². The zero-order valence-electron chi connectivity index (χ0n) is 12.3. The van der Waals surface area contributed by atoms with E-state index >= 15 is 0 Å². The number of amides is 1. The Morgan fingerprint density at radius 3 is 2.85 bits per heavy atom. The van der Waals surface area contributed by atoms with Gasteiger partial charge in [-0.25, -0.2) is 4.79 Å². The van der Waals surface area contributed by atoms with Gasteiger partial charge in [0.25, 0.3) is 0 Å². The van der Waals surface area contributed by atoms with E-state index in [0.29, 0.717) is 31.3 Å². The molecule has 1 saturated carbocycles. The Hall–Kier alpha value is -1.50. The molecule has 4 nitrogen and oxygen atoms in total. The van der Waals surface area contributed by atoms with Crippen LogP contribution in [-0.2, 0) is 14.3 Å². The normalized spacial score (nSPS) is 40.1. The van der Waals surface area contributed by atoms with Gasteiger partial charge in [0.2, 0.25) is 5.91 Å². The molecule has 0 aromatic heterocycles. The van der Waals surface area contributed by atoms with Crippen molar-refractivity contribution in [3.05, 3.63) is 0 Å². The molecule has 0 aromatic rings. The highest BCUT2D eigenvalue weighted by Gasteiger charge is 2.71. The van der Waals surface area contributed by atoms with Crippen LogP contribution in [-0.4, -0.2) is 24.5 Å². The van der Waals surface area contributed by atoms with Crippen molar-refractivity contribution in [3.8, 4) is 11.8 Å². The number of carbonyl (C=O) groups excluding carboxylic acids is 2. The number of ether oxygens (including phenoxy) is 1. The third kappa shape index (κ3) is 1.83. The Morgan fingerprint density at radius 1 is 1.45 bits per heavy atom. The second-order valence-electron chi connectivity index (χ2n) is 6.97. The van der Waals surface area contributed by atoms with Gasteiger partial charge in [0.05, 0.1) is 6.61 Å².